The summed E-state index contributed by atoms with van der Waals surface area (Å²) in [4.78, 5) is 36.2. The molecule has 33 heavy (non-hydrogen) atoms. The third-order valence-corrected chi connectivity index (χ3v) is 5.51. The van der Waals surface area contributed by atoms with Crippen LogP contribution < -0.4 is 16.0 Å². The first-order valence-electron chi connectivity index (χ1n) is 11.2. The molecule has 0 atom stereocenters. The van der Waals surface area contributed by atoms with Crippen molar-refractivity contribution in [2.45, 2.75) is 19.3 Å². The Morgan fingerprint density at radius 3 is 2.03 bits per heavy atom. The Bertz CT molecular complexity index is 1110. The van der Waals surface area contributed by atoms with Gasteiger partial charge in [0.2, 0.25) is 11.8 Å². The first-order chi connectivity index (χ1) is 16.1. The smallest absolute Gasteiger partial charge is 0.251 e. The van der Waals surface area contributed by atoms with E-state index in [2.05, 4.69) is 28.1 Å². The maximum atomic E-state index is 12.4. The number of carbonyl (C=O) groups is 3. The average molecular weight is 442 g/mol. The zero-order valence-corrected chi connectivity index (χ0v) is 18.3. The molecule has 0 bridgehead atoms. The van der Waals surface area contributed by atoms with Crippen LogP contribution >= 0.6 is 0 Å². The molecule has 1 saturated carbocycles. The third kappa shape index (κ3) is 6.53. The van der Waals surface area contributed by atoms with E-state index in [0.717, 1.165) is 29.5 Å². The topological polar surface area (TPSA) is 87.3 Å². The third-order valence-electron chi connectivity index (χ3n) is 5.51. The molecule has 1 aliphatic rings. The summed E-state index contributed by atoms with van der Waals surface area (Å²) in [5.41, 5.74) is 4.31. The van der Waals surface area contributed by atoms with Crippen LogP contribution in [0, 0.1) is 5.92 Å². The van der Waals surface area contributed by atoms with Gasteiger partial charge in [0.15, 0.2) is 0 Å². The highest BCUT2D eigenvalue weighted by molar-refractivity contribution is 5.96. The molecule has 0 heterocycles. The Labute approximate surface area is 193 Å². The number of carbonyl (C=O) groups excluding carboxylic acids is 3. The summed E-state index contributed by atoms with van der Waals surface area (Å²) in [6.45, 7) is 0.792. The molecule has 0 aliphatic heterocycles. The van der Waals surface area contributed by atoms with Crippen LogP contribution in [-0.4, -0.2) is 30.8 Å². The first-order valence-corrected chi connectivity index (χ1v) is 11.2. The fourth-order valence-corrected chi connectivity index (χ4v) is 3.49. The zero-order chi connectivity index (χ0) is 23.0. The quantitative estimate of drug-likeness (QED) is 0.442. The van der Waals surface area contributed by atoms with Crippen molar-refractivity contribution in [2.24, 2.45) is 5.92 Å². The van der Waals surface area contributed by atoms with Gasteiger partial charge in [-0.25, -0.2) is 0 Å². The first kappa shape index (κ1) is 22.3. The van der Waals surface area contributed by atoms with Crippen LogP contribution in [0.3, 0.4) is 0 Å². The molecule has 3 amide bonds. The molecule has 0 radical (unpaired) electrons. The van der Waals surface area contributed by atoms with Gasteiger partial charge in [-0.2, -0.15) is 0 Å². The molecule has 0 saturated heterocycles. The van der Waals surface area contributed by atoms with Crippen molar-refractivity contribution < 1.29 is 14.4 Å². The SMILES string of the molecule is O=C(Cc1ccc(-c2ccccc2)cc1)Nc1ccc(C(=O)NCCNC(=O)C2CC2)cc1. The minimum absolute atomic E-state index is 0.0662. The largest absolute Gasteiger partial charge is 0.354 e. The normalized spacial score (nSPS) is 12.6. The van der Waals surface area contributed by atoms with Gasteiger partial charge in [-0.05, 0) is 53.8 Å². The van der Waals surface area contributed by atoms with E-state index in [4.69, 9.17) is 0 Å². The van der Waals surface area contributed by atoms with Crippen molar-refractivity contribution in [2.75, 3.05) is 18.4 Å². The number of amides is 3. The summed E-state index contributed by atoms with van der Waals surface area (Å²) in [6, 6.07) is 24.8. The Hall–Kier alpha value is -3.93. The summed E-state index contributed by atoms with van der Waals surface area (Å²) in [7, 11) is 0. The Morgan fingerprint density at radius 2 is 1.36 bits per heavy atom. The summed E-state index contributed by atoms with van der Waals surface area (Å²) < 4.78 is 0. The Balaban J connectivity index is 1.22. The predicted molar refractivity (Wildman–Crippen MR) is 129 cm³/mol. The zero-order valence-electron chi connectivity index (χ0n) is 18.3. The molecular formula is C27H27N3O3. The number of anilines is 1. The van der Waals surface area contributed by atoms with E-state index in [9.17, 15) is 14.4 Å². The number of hydrogen-bond donors (Lipinski definition) is 3. The molecule has 3 aromatic rings. The van der Waals surface area contributed by atoms with Crippen molar-refractivity contribution >= 4 is 23.4 Å². The van der Waals surface area contributed by atoms with Gasteiger partial charge in [0.05, 0.1) is 6.42 Å². The van der Waals surface area contributed by atoms with E-state index in [1.54, 1.807) is 24.3 Å². The van der Waals surface area contributed by atoms with Crippen LogP contribution in [0.15, 0.2) is 78.9 Å². The highest BCUT2D eigenvalue weighted by Gasteiger charge is 2.29. The second-order valence-electron chi connectivity index (χ2n) is 8.19. The summed E-state index contributed by atoms with van der Waals surface area (Å²) in [5, 5.41) is 8.46. The second-order valence-corrected chi connectivity index (χ2v) is 8.19. The van der Waals surface area contributed by atoms with Crippen molar-refractivity contribution in [3.8, 4) is 11.1 Å². The maximum absolute atomic E-state index is 12.4. The molecule has 168 valence electrons. The Kier molecular flexibility index (Phi) is 7.15. The molecular weight excluding hydrogens is 414 g/mol. The highest BCUT2D eigenvalue weighted by atomic mass is 16.2. The lowest BCUT2D eigenvalue weighted by atomic mass is 10.0. The van der Waals surface area contributed by atoms with Gasteiger partial charge in [0, 0.05) is 30.3 Å². The number of benzene rings is 3. The van der Waals surface area contributed by atoms with E-state index >= 15 is 0 Å². The standard InChI is InChI=1S/C27H27N3O3/c31-25(18-19-6-8-21(9-7-19)20-4-2-1-3-5-20)30-24-14-12-23(13-15-24)27(33)29-17-16-28-26(32)22-10-11-22/h1-9,12-15,22H,10-11,16-18H2,(H,28,32)(H,29,33)(H,30,31). The minimum atomic E-state index is -0.216. The van der Waals surface area contributed by atoms with Gasteiger partial charge in [0.25, 0.3) is 5.91 Å². The van der Waals surface area contributed by atoms with Crippen molar-refractivity contribution in [1.29, 1.82) is 0 Å². The van der Waals surface area contributed by atoms with Crippen LogP contribution in [0.25, 0.3) is 11.1 Å². The molecule has 3 aromatic carbocycles. The second kappa shape index (κ2) is 10.6. The maximum Gasteiger partial charge on any atom is 0.251 e. The van der Waals surface area contributed by atoms with E-state index in [1.807, 2.05) is 42.5 Å². The molecule has 0 spiro atoms. The van der Waals surface area contributed by atoms with E-state index in [-0.39, 0.29) is 30.1 Å². The number of rotatable bonds is 9. The lowest BCUT2D eigenvalue weighted by Gasteiger charge is -2.09. The molecule has 0 aromatic heterocycles. The van der Waals surface area contributed by atoms with Crippen LogP contribution in [0.5, 0.6) is 0 Å². The van der Waals surface area contributed by atoms with Crippen LogP contribution in [0.4, 0.5) is 5.69 Å². The fourth-order valence-electron chi connectivity index (χ4n) is 3.49. The predicted octanol–water partition coefficient (Wildman–Crippen LogP) is 3.79. The van der Waals surface area contributed by atoms with E-state index < -0.39 is 0 Å². The highest BCUT2D eigenvalue weighted by Crippen LogP contribution is 2.28. The fraction of sp³-hybridized carbons (Fsp3) is 0.222. The molecule has 1 fully saturated rings. The number of nitrogens with one attached hydrogen (secondary N) is 3. The molecule has 3 N–H and O–H groups in total. The van der Waals surface area contributed by atoms with Gasteiger partial charge in [-0.1, -0.05) is 54.6 Å². The van der Waals surface area contributed by atoms with E-state index in [0.29, 0.717) is 24.3 Å². The monoisotopic (exact) mass is 441 g/mol. The summed E-state index contributed by atoms with van der Waals surface area (Å²) in [6.07, 6.45) is 2.19. The van der Waals surface area contributed by atoms with Gasteiger partial charge < -0.3 is 16.0 Å². The lowest BCUT2D eigenvalue weighted by molar-refractivity contribution is -0.122. The summed E-state index contributed by atoms with van der Waals surface area (Å²) >= 11 is 0. The summed E-state index contributed by atoms with van der Waals surface area (Å²) in [5.74, 6) is -0.105. The van der Waals surface area contributed by atoms with Gasteiger partial charge in [-0.3, -0.25) is 14.4 Å². The molecule has 6 nitrogen and oxygen atoms in total. The van der Waals surface area contributed by atoms with Gasteiger partial charge in [-0.15, -0.1) is 0 Å². The molecule has 0 unspecified atom stereocenters. The van der Waals surface area contributed by atoms with E-state index in [1.165, 1.54) is 0 Å². The van der Waals surface area contributed by atoms with Crippen molar-refractivity contribution in [1.82, 2.24) is 10.6 Å². The molecule has 4 rings (SSSR count). The lowest BCUT2D eigenvalue weighted by Crippen LogP contribution is -2.35. The molecule has 6 heteroatoms. The van der Waals surface area contributed by atoms with Crippen LogP contribution in [0.1, 0.15) is 28.8 Å². The van der Waals surface area contributed by atoms with Crippen molar-refractivity contribution in [3.63, 3.8) is 0 Å². The number of hydrogen-bond acceptors (Lipinski definition) is 3. The Morgan fingerprint density at radius 1 is 0.727 bits per heavy atom. The van der Waals surface area contributed by atoms with Gasteiger partial charge in [0.1, 0.15) is 0 Å². The van der Waals surface area contributed by atoms with Crippen molar-refractivity contribution in [3.05, 3.63) is 90.0 Å². The minimum Gasteiger partial charge on any atom is -0.354 e. The van der Waals surface area contributed by atoms with Gasteiger partial charge >= 0.3 is 0 Å². The van der Waals surface area contributed by atoms with Crippen LogP contribution in [-0.2, 0) is 16.0 Å². The van der Waals surface area contributed by atoms with Crippen LogP contribution in [0.2, 0.25) is 0 Å². The average Bonchev–Trinajstić information content (AvgIpc) is 3.69. The molecule has 1 aliphatic carbocycles.